The van der Waals surface area contributed by atoms with E-state index in [0.717, 1.165) is 30.2 Å². The Bertz CT molecular complexity index is 605. The molecule has 1 atom stereocenters. The minimum absolute atomic E-state index is 0.234. The van der Waals surface area contributed by atoms with Crippen molar-refractivity contribution in [3.8, 4) is 11.5 Å². The molecule has 0 amide bonds. The van der Waals surface area contributed by atoms with Crippen molar-refractivity contribution in [3.05, 3.63) is 53.6 Å². The fourth-order valence-electron chi connectivity index (χ4n) is 2.37. The van der Waals surface area contributed by atoms with Gasteiger partial charge in [-0.15, -0.1) is 0 Å². The highest BCUT2D eigenvalue weighted by molar-refractivity contribution is 5.48. The van der Waals surface area contributed by atoms with Crippen molar-refractivity contribution < 1.29 is 9.47 Å². The van der Waals surface area contributed by atoms with Crippen molar-refractivity contribution >= 4 is 5.69 Å². The number of hydrogen-bond donors (Lipinski definition) is 1. The van der Waals surface area contributed by atoms with Gasteiger partial charge in [-0.3, -0.25) is 0 Å². The van der Waals surface area contributed by atoms with Gasteiger partial charge in [-0.2, -0.15) is 0 Å². The summed E-state index contributed by atoms with van der Waals surface area (Å²) < 4.78 is 11.7. The molecule has 2 rings (SSSR count). The van der Waals surface area contributed by atoms with Crippen LogP contribution in [0.4, 0.5) is 5.69 Å². The highest BCUT2D eigenvalue weighted by Crippen LogP contribution is 2.22. The smallest absolute Gasteiger partial charge is 0.125 e. The maximum Gasteiger partial charge on any atom is 0.125 e. The Morgan fingerprint density at radius 1 is 1.04 bits per heavy atom. The number of hydrogen-bond acceptors (Lipinski definition) is 3. The van der Waals surface area contributed by atoms with Gasteiger partial charge in [0.2, 0.25) is 0 Å². The molecule has 0 fully saturated rings. The summed E-state index contributed by atoms with van der Waals surface area (Å²) in [6.07, 6.45) is 1.24. The maximum atomic E-state index is 5.91. The van der Waals surface area contributed by atoms with Gasteiger partial charge in [0, 0.05) is 18.3 Å². The van der Waals surface area contributed by atoms with E-state index in [1.807, 2.05) is 24.3 Å². The van der Waals surface area contributed by atoms with E-state index in [1.54, 1.807) is 0 Å². The number of nitrogens with one attached hydrogen (secondary N) is 1. The third-order valence-electron chi connectivity index (χ3n) is 3.83. The second kappa shape index (κ2) is 8.47. The van der Waals surface area contributed by atoms with Crippen LogP contribution in [0.2, 0.25) is 0 Å². The van der Waals surface area contributed by atoms with Gasteiger partial charge >= 0.3 is 0 Å². The van der Waals surface area contributed by atoms with Gasteiger partial charge in [0.15, 0.2) is 0 Å². The van der Waals surface area contributed by atoms with E-state index in [9.17, 15) is 0 Å². The topological polar surface area (TPSA) is 30.5 Å². The third kappa shape index (κ3) is 5.20. The molecule has 0 radical (unpaired) electrons. The quantitative estimate of drug-likeness (QED) is 0.698. The summed E-state index contributed by atoms with van der Waals surface area (Å²) in [5.74, 6) is 1.89. The van der Waals surface area contributed by atoms with Gasteiger partial charge in [0.25, 0.3) is 0 Å². The highest BCUT2D eigenvalue weighted by atomic mass is 16.5. The average molecular weight is 313 g/mol. The molecule has 1 unspecified atom stereocenters. The number of ether oxygens (including phenoxy) is 2. The lowest BCUT2D eigenvalue weighted by Crippen LogP contribution is -2.13. The number of anilines is 1. The van der Waals surface area contributed by atoms with E-state index in [0.29, 0.717) is 6.61 Å². The molecular formula is C20H27NO2. The van der Waals surface area contributed by atoms with Crippen molar-refractivity contribution in [1.29, 1.82) is 0 Å². The van der Waals surface area contributed by atoms with Gasteiger partial charge in [-0.1, -0.05) is 31.2 Å². The predicted octanol–water partition coefficient (Wildman–Crippen LogP) is 4.97. The van der Waals surface area contributed by atoms with Crippen LogP contribution < -0.4 is 14.8 Å². The van der Waals surface area contributed by atoms with Gasteiger partial charge < -0.3 is 14.8 Å². The fraction of sp³-hybridized carbons (Fsp3) is 0.400. The zero-order valence-electron chi connectivity index (χ0n) is 14.6. The summed E-state index contributed by atoms with van der Waals surface area (Å²) in [5, 5.41) is 3.38. The Balaban J connectivity index is 1.83. The van der Waals surface area contributed by atoms with Crippen LogP contribution in [0.5, 0.6) is 11.5 Å². The Morgan fingerprint density at radius 3 is 2.43 bits per heavy atom. The number of benzene rings is 2. The van der Waals surface area contributed by atoms with Crippen molar-refractivity contribution in [2.24, 2.45) is 0 Å². The molecule has 0 saturated heterocycles. The molecule has 0 aliphatic rings. The highest BCUT2D eigenvalue weighted by Gasteiger charge is 2.04. The minimum atomic E-state index is 0.234. The zero-order chi connectivity index (χ0) is 16.7. The molecule has 0 aliphatic heterocycles. The summed E-state index contributed by atoms with van der Waals surface area (Å²) in [6, 6.07) is 14.3. The van der Waals surface area contributed by atoms with E-state index in [4.69, 9.17) is 9.47 Å². The molecule has 3 nitrogen and oxygen atoms in total. The lowest BCUT2D eigenvalue weighted by molar-refractivity contribution is 0.217. The summed E-state index contributed by atoms with van der Waals surface area (Å²) in [7, 11) is 0. The SMILES string of the molecule is CCC(C)Oc1cccc(NCCOc2c(C)cccc2C)c1. The molecule has 124 valence electrons. The molecule has 2 aromatic carbocycles. The van der Waals surface area contributed by atoms with E-state index in [2.05, 4.69) is 51.2 Å². The molecule has 0 aromatic heterocycles. The molecule has 0 heterocycles. The molecule has 3 heteroatoms. The first kappa shape index (κ1) is 17.2. The molecule has 0 spiro atoms. The first-order valence-corrected chi connectivity index (χ1v) is 8.29. The first-order chi connectivity index (χ1) is 11.1. The number of para-hydroxylation sites is 1. The van der Waals surface area contributed by atoms with E-state index in [-0.39, 0.29) is 6.10 Å². The van der Waals surface area contributed by atoms with Gasteiger partial charge in [0.1, 0.15) is 18.1 Å². The molecular weight excluding hydrogens is 286 g/mol. The molecule has 0 aliphatic carbocycles. The van der Waals surface area contributed by atoms with Crippen LogP contribution in [0.15, 0.2) is 42.5 Å². The Labute approximate surface area is 139 Å². The minimum Gasteiger partial charge on any atom is -0.491 e. The number of rotatable bonds is 8. The lowest BCUT2D eigenvalue weighted by atomic mass is 10.1. The number of aryl methyl sites for hydroxylation is 2. The lowest BCUT2D eigenvalue weighted by Gasteiger charge is -2.15. The van der Waals surface area contributed by atoms with E-state index < -0.39 is 0 Å². The van der Waals surface area contributed by atoms with Crippen molar-refractivity contribution in [2.75, 3.05) is 18.5 Å². The Morgan fingerprint density at radius 2 is 1.74 bits per heavy atom. The Kier molecular flexibility index (Phi) is 6.33. The van der Waals surface area contributed by atoms with Crippen LogP contribution in [0.3, 0.4) is 0 Å². The normalized spacial score (nSPS) is 11.8. The second-order valence-corrected chi connectivity index (χ2v) is 5.86. The monoisotopic (exact) mass is 313 g/mol. The van der Waals surface area contributed by atoms with Crippen LogP contribution in [0.25, 0.3) is 0 Å². The molecule has 2 aromatic rings. The predicted molar refractivity (Wildman–Crippen MR) is 96.7 cm³/mol. The van der Waals surface area contributed by atoms with Crippen LogP contribution in [-0.4, -0.2) is 19.3 Å². The molecule has 1 N–H and O–H groups in total. The Hall–Kier alpha value is -2.16. The van der Waals surface area contributed by atoms with Crippen LogP contribution in [0.1, 0.15) is 31.4 Å². The third-order valence-corrected chi connectivity index (χ3v) is 3.83. The van der Waals surface area contributed by atoms with E-state index in [1.165, 1.54) is 11.1 Å². The van der Waals surface area contributed by atoms with Crippen molar-refractivity contribution in [1.82, 2.24) is 0 Å². The van der Waals surface area contributed by atoms with Crippen LogP contribution in [-0.2, 0) is 0 Å². The summed E-state index contributed by atoms with van der Waals surface area (Å²) >= 11 is 0. The van der Waals surface area contributed by atoms with Crippen molar-refractivity contribution in [2.45, 2.75) is 40.2 Å². The summed E-state index contributed by atoms with van der Waals surface area (Å²) in [4.78, 5) is 0. The average Bonchev–Trinajstić information content (AvgIpc) is 2.54. The van der Waals surface area contributed by atoms with Crippen LogP contribution in [0, 0.1) is 13.8 Å². The summed E-state index contributed by atoms with van der Waals surface area (Å²) in [6.45, 7) is 9.73. The fourth-order valence-corrected chi connectivity index (χ4v) is 2.37. The largest absolute Gasteiger partial charge is 0.491 e. The van der Waals surface area contributed by atoms with Gasteiger partial charge in [-0.25, -0.2) is 0 Å². The molecule has 23 heavy (non-hydrogen) atoms. The molecule has 0 saturated carbocycles. The van der Waals surface area contributed by atoms with Gasteiger partial charge in [0.05, 0.1) is 6.10 Å². The molecule has 0 bridgehead atoms. The van der Waals surface area contributed by atoms with E-state index >= 15 is 0 Å². The summed E-state index contributed by atoms with van der Waals surface area (Å²) in [5.41, 5.74) is 3.40. The van der Waals surface area contributed by atoms with Crippen LogP contribution >= 0.6 is 0 Å². The van der Waals surface area contributed by atoms with Gasteiger partial charge in [-0.05, 0) is 50.5 Å². The standard InChI is InChI=1S/C20H27NO2/c1-5-17(4)23-19-11-7-10-18(14-19)21-12-13-22-20-15(2)8-6-9-16(20)3/h6-11,14,17,21H,5,12-13H2,1-4H3. The second-order valence-electron chi connectivity index (χ2n) is 5.86. The van der Waals surface area contributed by atoms with Crippen molar-refractivity contribution in [3.63, 3.8) is 0 Å². The zero-order valence-corrected chi connectivity index (χ0v) is 14.6. The first-order valence-electron chi connectivity index (χ1n) is 8.29. The maximum absolute atomic E-state index is 5.91.